The van der Waals surface area contributed by atoms with Gasteiger partial charge in [0.2, 0.25) is 23.6 Å². The molecule has 25 N–H and O–H groups in total. The molecule has 8 aliphatic heterocycles. The van der Waals surface area contributed by atoms with Gasteiger partial charge in [0, 0.05) is 27.7 Å². The molecule has 40 atom stereocenters. The smallest absolute Gasteiger partial charge is 0.217 e. The molecule has 8 aliphatic rings. The summed E-state index contributed by atoms with van der Waals surface area (Å²) < 4.78 is 87.6. The minimum Gasteiger partial charge on any atom is -0.394 e. The number of aliphatic hydroxyl groups excluding tert-OH is 21. The molecule has 0 aliphatic carbocycles. The quantitative estimate of drug-likeness (QED) is 0.0404. The highest BCUT2D eigenvalue weighted by molar-refractivity contribution is 5.74. The SMILES string of the molecule is CC(=O)N[C@H]1[C@H](O[C@H]2[C@H](O)[C@@H](NC(C)=O)C(O)O[C@@H]2CO[C@@H]2O[C@@H](C)[C@@H](O)[C@@H](O)[C@@H]2O)O[C@H](CO)[C@@H](O[C@@H]2O[C@H](CO[C@H]3O[C@H](CO)[C@@H](O[C@@H]4O[C@H](CO)[C@@H](O)[C@H](O)[C@H]4NC(C)=O)[C@H](O)[C@@H]3O)[C@@H](O)[C@H](O[C@H]3O[C@H](CO)[C@@H](O[C@@H]4O[C@H](CO)[C@@H](O)[C@H](O)[C@H]4NC(C)=O)[C@H](O)[C@@H]3O)[C@@H]2O)[C@@H]1O. The average molecular weight is 1460 g/mol. The van der Waals surface area contributed by atoms with Gasteiger partial charge in [-0.2, -0.15) is 0 Å². The number of aliphatic hydroxyl groups is 21. The third-order valence-electron chi connectivity index (χ3n) is 18.2. The summed E-state index contributed by atoms with van der Waals surface area (Å²) in [5.74, 6) is -3.28. The number of ether oxygens (including phenoxy) is 15. The molecule has 44 heteroatoms. The van der Waals surface area contributed by atoms with Crippen LogP contribution in [0.5, 0.6) is 0 Å². The predicted molar refractivity (Wildman–Crippen MR) is 309 cm³/mol. The van der Waals surface area contributed by atoms with E-state index in [0.29, 0.717) is 0 Å². The van der Waals surface area contributed by atoms with Crippen LogP contribution in [0.3, 0.4) is 0 Å². The Hall–Kier alpha value is -3.56. The fraction of sp³-hybridized carbons (Fsp3) is 0.929. The maximum atomic E-state index is 13.0. The lowest BCUT2D eigenvalue weighted by Crippen LogP contribution is -2.70. The molecule has 0 saturated carbocycles. The number of hydrogen-bond donors (Lipinski definition) is 25. The molecule has 1 unspecified atom stereocenters. The average Bonchev–Trinajstić information content (AvgIpc) is 0.790. The van der Waals surface area contributed by atoms with E-state index in [4.69, 9.17) is 71.1 Å². The summed E-state index contributed by atoms with van der Waals surface area (Å²) in [5.41, 5.74) is 0. The standard InChI is InChI=1S/C56H94N4O40/c1-13-29(70)37(78)40(81)53(88-13)87-12-24-47(35(76)25(49(85)89-24)57-14(2)66)98-52-28(60-17(5)69)36(77)44(20(8-63)92-52)99-56-43(84)48(100-55-42(83)39(80)46(22(10-65)94-55)97-51-27(59-16(4)68)34(75)31(72)19(7-62)91-51)32(73)23(95-56)11-86-54-41(82)38(79)45(21(9-64)93-54)96-50-26(58-15(3)67)33(74)30(71)18(6-61)90-50/h13,18-56,61-65,70-85H,6-12H2,1-5H3,(H,57,66)(H,58,67)(H,59,68)(H,60,69)/t13-,18+,19+,20+,21+,22+,23+,24+,25+,26+,27+,28+,29+,30+,31+,32+,33+,34+,35+,36+,37+,38+,39+,40-,41-,42-,43-,44+,45+,46+,47+,48-,49?,50-,51-,52-,53+,54-,55+,56-/m0/s1. The molecule has 0 aromatic rings. The Kier molecular flexibility index (Phi) is 29.3. The summed E-state index contributed by atoms with van der Waals surface area (Å²) in [6, 6.07) is -6.83. The number of carbonyl (C=O) groups is 4. The normalized spacial score (nSPS) is 48.7. The van der Waals surface area contributed by atoms with E-state index < -0.39 is 315 Å². The minimum atomic E-state index is -2.44. The van der Waals surface area contributed by atoms with Crippen molar-refractivity contribution >= 4 is 23.6 Å². The lowest BCUT2D eigenvalue weighted by Gasteiger charge is -2.50. The second-order valence-corrected chi connectivity index (χ2v) is 25.4. The lowest BCUT2D eigenvalue weighted by molar-refractivity contribution is -0.390. The van der Waals surface area contributed by atoms with Crippen molar-refractivity contribution in [2.75, 3.05) is 46.2 Å². The van der Waals surface area contributed by atoms with Crippen molar-refractivity contribution < 1.29 is 197 Å². The van der Waals surface area contributed by atoms with Crippen molar-refractivity contribution in [3.8, 4) is 0 Å². The fourth-order valence-electron chi connectivity index (χ4n) is 12.9. The van der Waals surface area contributed by atoms with Gasteiger partial charge < -0.3 is 200 Å². The number of carbonyl (C=O) groups excluding carboxylic acids is 4. The second-order valence-electron chi connectivity index (χ2n) is 25.4. The van der Waals surface area contributed by atoms with E-state index in [0.717, 1.165) is 27.7 Å². The summed E-state index contributed by atoms with van der Waals surface area (Å²) in [4.78, 5) is 49.7. The fourth-order valence-corrected chi connectivity index (χ4v) is 12.9. The highest BCUT2D eigenvalue weighted by Crippen LogP contribution is 2.38. The van der Waals surface area contributed by atoms with Crippen molar-refractivity contribution in [2.24, 2.45) is 0 Å². The molecule has 0 aromatic carbocycles. The molecular formula is C56H94N4O40. The van der Waals surface area contributed by atoms with Crippen molar-refractivity contribution in [1.82, 2.24) is 21.3 Å². The van der Waals surface area contributed by atoms with Crippen LogP contribution in [0, 0.1) is 0 Å². The summed E-state index contributed by atoms with van der Waals surface area (Å²) >= 11 is 0. The van der Waals surface area contributed by atoms with Gasteiger partial charge in [0.05, 0.1) is 52.4 Å². The van der Waals surface area contributed by atoms with Crippen LogP contribution in [0.1, 0.15) is 34.6 Å². The molecule has 100 heavy (non-hydrogen) atoms. The molecule has 8 heterocycles. The Labute approximate surface area is 567 Å². The molecule has 0 radical (unpaired) electrons. The third kappa shape index (κ3) is 18.3. The van der Waals surface area contributed by atoms with Crippen LogP contribution in [0.4, 0.5) is 0 Å². The van der Waals surface area contributed by atoms with Crippen molar-refractivity contribution in [3.05, 3.63) is 0 Å². The van der Waals surface area contributed by atoms with Gasteiger partial charge in [0.15, 0.2) is 50.3 Å². The topological polar surface area (TPSA) is 680 Å². The maximum absolute atomic E-state index is 13.0. The van der Waals surface area contributed by atoms with E-state index in [1.165, 1.54) is 6.92 Å². The predicted octanol–water partition coefficient (Wildman–Crippen LogP) is -16.8. The summed E-state index contributed by atoms with van der Waals surface area (Å²) in [6.45, 7) is -1.64. The Morgan fingerprint density at radius 1 is 0.280 bits per heavy atom. The summed E-state index contributed by atoms with van der Waals surface area (Å²) in [5, 5.41) is 241. The Balaban J connectivity index is 1.07. The van der Waals surface area contributed by atoms with Crippen LogP contribution >= 0.6 is 0 Å². The van der Waals surface area contributed by atoms with Gasteiger partial charge in [-0.15, -0.1) is 0 Å². The van der Waals surface area contributed by atoms with Gasteiger partial charge in [-0.05, 0) is 6.92 Å². The van der Waals surface area contributed by atoms with Crippen molar-refractivity contribution in [2.45, 2.75) is 280 Å². The van der Waals surface area contributed by atoms with E-state index in [1.807, 2.05) is 0 Å². The Bertz CT molecular complexity index is 2620. The number of hydrogen-bond acceptors (Lipinski definition) is 40. The zero-order chi connectivity index (χ0) is 73.8. The minimum absolute atomic E-state index is 0.768. The van der Waals surface area contributed by atoms with Gasteiger partial charge in [0.25, 0.3) is 0 Å². The molecular weight excluding hydrogens is 1370 g/mol. The molecule has 578 valence electrons. The van der Waals surface area contributed by atoms with Gasteiger partial charge in [-0.3, -0.25) is 19.2 Å². The maximum Gasteiger partial charge on any atom is 0.217 e. The van der Waals surface area contributed by atoms with E-state index in [-0.39, 0.29) is 0 Å². The molecule has 0 bridgehead atoms. The van der Waals surface area contributed by atoms with E-state index >= 15 is 0 Å². The molecule has 8 saturated heterocycles. The number of rotatable bonds is 25. The van der Waals surface area contributed by atoms with Crippen LogP contribution in [-0.4, -0.2) is 423 Å². The van der Waals surface area contributed by atoms with E-state index in [9.17, 15) is 126 Å². The lowest BCUT2D eigenvalue weighted by atomic mass is 9.93. The first kappa shape index (κ1) is 82.1. The second kappa shape index (κ2) is 35.7. The number of amides is 4. The first-order valence-electron chi connectivity index (χ1n) is 32.0. The van der Waals surface area contributed by atoms with Crippen LogP contribution in [0.2, 0.25) is 0 Å². The first-order chi connectivity index (χ1) is 47.2. The van der Waals surface area contributed by atoms with Gasteiger partial charge in [0.1, 0.15) is 189 Å². The first-order valence-corrected chi connectivity index (χ1v) is 32.0. The van der Waals surface area contributed by atoms with Crippen LogP contribution in [-0.2, 0) is 90.2 Å². The molecule has 4 amide bonds. The van der Waals surface area contributed by atoms with Crippen LogP contribution in [0.15, 0.2) is 0 Å². The van der Waals surface area contributed by atoms with E-state index in [1.54, 1.807) is 0 Å². The van der Waals surface area contributed by atoms with Gasteiger partial charge in [-0.1, -0.05) is 0 Å². The summed E-state index contributed by atoms with van der Waals surface area (Å²) in [7, 11) is 0. The highest BCUT2D eigenvalue weighted by atomic mass is 16.8. The highest BCUT2D eigenvalue weighted by Gasteiger charge is 2.59. The summed E-state index contributed by atoms with van der Waals surface area (Å²) in [6.07, 6.45) is -70.0. The molecule has 8 rings (SSSR count). The van der Waals surface area contributed by atoms with Crippen LogP contribution in [0.25, 0.3) is 0 Å². The van der Waals surface area contributed by atoms with Crippen LogP contribution < -0.4 is 21.3 Å². The van der Waals surface area contributed by atoms with Crippen molar-refractivity contribution in [1.29, 1.82) is 0 Å². The molecule has 0 aromatic heterocycles. The number of nitrogens with one attached hydrogen (secondary N) is 4. The Morgan fingerprint density at radius 2 is 0.590 bits per heavy atom. The van der Waals surface area contributed by atoms with Gasteiger partial charge >= 0.3 is 0 Å². The zero-order valence-electron chi connectivity index (χ0n) is 54.2. The Morgan fingerprint density at radius 3 is 1.04 bits per heavy atom. The third-order valence-corrected chi connectivity index (χ3v) is 18.2. The largest absolute Gasteiger partial charge is 0.394 e. The van der Waals surface area contributed by atoms with Gasteiger partial charge in [-0.25, -0.2) is 0 Å². The monoisotopic (exact) mass is 1460 g/mol. The zero-order valence-corrected chi connectivity index (χ0v) is 54.2. The van der Waals surface area contributed by atoms with E-state index in [2.05, 4.69) is 21.3 Å². The van der Waals surface area contributed by atoms with Crippen molar-refractivity contribution in [3.63, 3.8) is 0 Å². The molecule has 44 nitrogen and oxygen atoms in total. The molecule has 0 spiro atoms. The molecule has 8 fully saturated rings.